The summed E-state index contributed by atoms with van der Waals surface area (Å²) in [7, 11) is 0.181. The summed E-state index contributed by atoms with van der Waals surface area (Å²) in [5.74, 6) is 0.0282. The normalized spacial score (nSPS) is 26.0. The van der Waals surface area contributed by atoms with Gasteiger partial charge in [-0.15, -0.1) is 0 Å². The Bertz CT molecular complexity index is 1060. The van der Waals surface area contributed by atoms with E-state index in [2.05, 4.69) is 20.7 Å². The van der Waals surface area contributed by atoms with Gasteiger partial charge in [-0.25, -0.2) is 13.1 Å². The van der Waals surface area contributed by atoms with Crippen molar-refractivity contribution in [2.45, 2.75) is 43.3 Å². The molecule has 31 heavy (non-hydrogen) atoms. The number of nitrogens with one attached hydrogen (secondary N) is 1. The van der Waals surface area contributed by atoms with Crippen molar-refractivity contribution in [3.05, 3.63) is 54.2 Å². The third-order valence-electron chi connectivity index (χ3n) is 6.43. The molecule has 2 aliphatic rings. The number of nitrogens with zero attached hydrogens (tertiary/aromatic N) is 3. The summed E-state index contributed by atoms with van der Waals surface area (Å²) in [6.07, 6.45) is 5.81. The molecule has 0 saturated carbocycles. The molecule has 7 nitrogen and oxygen atoms in total. The van der Waals surface area contributed by atoms with Crippen molar-refractivity contribution in [2.75, 3.05) is 26.9 Å². The van der Waals surface area contributed by atoms with E-state index in [-0.39, 0.29) is 18.0 Å². The maximum atomic E-state index is 13.6. The molecular weight excluding hydrogens is 412 g/mol. The van der Waals surface area contributed by atoms with E-state index in [9.17, 15) is 13.2 Å². The van der Waals surface area contributed by atoms with Crippen LogP contribution in [-0.2, 0) is 21.2 Å². The van der Waals surface area contributed by atoms with Crippen molar-refractivity contribution >= 4 is 15.9 Å². The highest BCUT2D eigenvalue weighted by molar-refractivity contribution is 7.88. The molecule has 4 rings (SSSR count). The van der Waals surface area contributed by atoms with Gasteiger partial charge in [-0.1, -0.05) is 24.3 Å². The number of sulfonamides is 1. The van der Waals surface area contributed by atoms with Crippen LogP contribution in [0.3, 0.4) is 0 Å². The van der Waals surface area contributed by atoms with Gasteiger partial charge in [0.05, 0.1) is 11.9 Å². The van der Waals surface area contributed by atoms with E-state index in [0.717, 1.165) is 36.2 Å². The highest BCUT2D eigenvalue weighted by atomic mass is 32.2. The van der Waals surface area contributed by atoms with Crippen molar-refractivity contribution in [1.29, 1.82) is 0 Å². The molecule has 3 heterocycles. The number of aromatic nitrogens is 1. The molecular formula is C23H30N4O3S. The first kappa shape index (κ1) is 21.9. The monoisotopic (exact) mass is 442 g/mol. The van der Waals surface area contributed by atoms with Crippen LogP contribution in [0.5, 0.6) is 0 Å². The van der Waals surface area contributed by atoms with Crippen LogP contribution in [0.1, 0.15) is 24.8 Å². The minimum absolute atomic E-state index is 0.0282. The number of pyridine rings is 1. The summed E-state index contributed by atoms with van der Waals surface area (Å²) >= 11 is 0. The van der Waals surface area contributed by atoms with Crippen molar-refractivity contribution in [2.24, 2.45) is 0 Å². The van der Waals surface area contributed by atoms with E-state index in [1.165, 1.54) is 6.26 Å². The summed E-state index contributed by atoms with van der Waals surface area (Å²) in [5, 5.41) is 0. The van der Waals surface area contributed by atoms with Gasteiger partial charge in [0.15, 0.2) is 0 Å². The highest BCUT2D eigenvalue weighted by Crippen LogP contribution is 2.43. The third kappa shape index (κ3) is 4.37. The van der Waals surface area contributed by atoms with Crippen LogP contribution in [-0.4, -0.2) is 73.6 Å². The lowest BCUT2D eigenvalue weighted by Gasteiger charge is -2.39. The lowest BCUT2D eigenvalue weighted by molar-refractivity contribution is -0.140. The van der Waals surface area contributed by atoms with E-state index in [4.69, 9.17) is 0 Å². The number of hydrogen-bond donors (Lipinski definition) is 1. The minimum Gasteiger partial charge on any atom is -0.347 e. The predicted octanol–water partition coefficient (Wildman–Crippen LogP) is 1.90. The summed E-state index contributed by atoms with van der Waals surface area (Å²) in [6, 6.07) is 13.7. The van der Waals surface area contributed by atoms with Gasteiger partial charge >= 0.3 is 0 Å². The Hall–Kier alpha value is -2.29. The standard InChI is InChI=1S/C23H30N4O3S/c1-26(2)22(28)23(16-20(25-31(3,29)30)21-11-7-13-27(21)23)15-17-8-6-9-18(14-17)19-10-4-5-12-24-19/h4-6,8-10,12,14,20-21,25H,7,11,13,15-16H2,1-3H3/t20-,21+,23+/m1/s1. The molecule has 0 bridgehead atoms. The summed E-state index contributed by atoms with van der Waals surface area (Å²) in [4.78, 5) is 21.9. The molecule has 0 aliphatic carbocycles. The van der Waals surface area contributed by atoms with Crippen molar-refractivity contribution in [3.8, 4) is 11.3 Å². The van der Waals surface area contributed by atoms with Crippen LogP contribution in [0, 0.1) is 0 Å². The van der Waals surface area contributed by atoms with E-state index >= 15 is 0 Å². The molecule has 0 radical (unpaired) electrons. The second-order valence-corrected chi connectivity index (χ2v) is 10.7. The smallest absolute Gasteiger partial charge is 0.242 e. The largest absolute Gasteiger partial charge is 0.347 e. The SMILES string of the molecule is CN(C)C(=O)[C@]1(Cc2cccc(-c3ccccn3)c2)C[C@@H](NS(C)(=O)=O)[C@@H]2CCCN21. The second-order valence-electron chi connectivity index (χ2n) is 8.93. The first-order valence-electron chi connectivity index (χ1n) is 10.7. The molecule has 3 atom stereocenters. The van der Waals surface area contributed by atoms with Gasteiger partial charge in [0.1, 0.15) is 5.54 Å². The molecule has 2 saturated heterocycles. The van der Waals surface area contributed by atoms with Gasteiger partial charge in [-0.3, -0.25) is 14.7 Å². The Morgan fingerprint density at radius 2 is 2.06 bits per heavy atom. The summed E-state index contributed by atoms with van der Waals surface area (Å²) in [6.45, 7) is 0.798. The summed E-state index contributed by atoms with van der Waals surface area (Å²) < 4.78 is 26.8. The first-order valence-corrected chi connectivity index (χ1v) is 12.5. The number of carbonyl (C=O) groups is 1. The van der Waals surface area contributed by atoms with E-state index in [1.807, 2.05) is 36.4 Å². The van der Waals surface area contributed by atoms with Gasteiger partial charge < -0.3 is 4.90 Å². The minimum atomic E-state index is -3.37. The number of carbonyl (C=O) groups excluding carboxylic acids is 1. The van der Waals surface area contributed by atoms with Gasteiger partial charge in [0.25, 0.3) is 0 Å². The number of fused-ring (bicyclic) bond motifs is 1. The van der Waals surface area contributed by atoms with Gasteiger partial charge in [-0.2, -0.15) is 0 Å². The molecule has 0 spiro atoms. The number of benzene rings is 1. The number of amides is 1. The maximum absolute atomic E-state index is 13.6. The van der Waals surface area contributed by atoms with E-state index < -0.39 is 15.6 Å². The Kier molecular flexibility index (Phi) is 5.89. The lowest BCUT2D eigenvalue weighted by atomic mass is 9.84. The Morgan fingerprint density at radius 3 is 2.74 bits per heavy atom. The van der Waals surface area contributed by atoms with E-state index in [0.29, 0.717) is 12.8 Å². The van der Waals surface area contributed by atoms with Crippen molar-refractivity contribution < 1.29 is 13.2 Å². The van der Waals surface area contributed by atoms with Crippen LogP contribution < -0.4 is 4.72 Å². The number of hydrogen-bond acceptors (Lipinski definition) is 5. The molecule has 166 valence electrons. The van der Waals surface area contributed by atoms with E-state index in [1.54, 1.807) is 25.2 Å². The van der Waals surface area contributed by atoms with Crippen LogP contribution in [0.2, 0.25) is 0 Å². The van der Waals surface area contributed by atoms with Crippen molar-refractivity contribution in [3.63, 3.8) is 0 Å². The lowest BCUT2D eigenvalue weighted by Crippen LogP contribution is -2.57. The molecule has 8 heteroatoms. The Morgan fingerprint density at radius 1 is 1.26 bits per heavy atom. The van der Waals surface area contributed by atoms with Crippen LogP contribution in [0.15, 0.2) is 48.7 Å². The number of likely N-dealkylation sites (N-methyl/N-ethyl adjacent to an activating group) is 1. The molecule has 1 amide bonds. The fraction of sp³-hybridized carbons (Fsp3) is 0.478. The van der Waals surface area contributed by atoms with Crippen LogP contribution in [0.4, 0.5) is 0 Å². The highest BCUT2D eigenvalue weighted by Gasteiger charge is 2.58. The predicted molar refractivity (Wildman–Crippen MR) is 121 cm³/mol. The maximum Gasteiger partial charge on any atom is 0.242 e. The molecule has 2 aliphatic heterocycles. The molecule has 2 aromatic rings. The fourth-order valence-electron chi connectivity index (χ4n) is 5.34. The molecule has 2 fully saturated rings. The van der Waals surface area contributed by atoms with Gasteiger partial charge in [0, 0.05) is 37.9 Å². The zero-order chi connectivity index (χ0) is 22.2. The second kappa shape index (κ2) is 8.33. The zero-order valence-electron chi connectivity index (χ0n) is 18.3. The average Bonchev–Trinajstić information content (AvgIpc) is 3.31. The van der Waals surface area contributed by atoms with Crippen LogP contribution in [0.25, 0.3) is 11.3 Å². The molecule has 0 unspecified atom stereocenters. The van der Waals surface area contributed by atoms with Crippen LogP contribution >= 0.6 is 0 Å². The van der Waals surface area contributed by atoms with Gasteiger partial charge in [-0.05, 0) is 56.0 Å². The summed E-state index contributed by atoms with van der Waals surface area (Å²) in [5.41, 5.74) is 2.17. The molecule has 1 aromatic carbocycles. The Balaban J connectivity index is 1.72. The Labute approximate surface area is 184 Å². The van der Waals surface area contributed by atoms with Gasteiger partial charge in [0.2, 0.25) is 15.9 Å². The third-order valence-corrected chi connectivity index (χ3v) is 7.16. The fourth-order valence-corrected chi connectivity index (χ4v) is 6.13. The van der Waals surface area contributed by atoms with Crippen molar-refractivity contribution in [1.82, 2.24) is 19.5 Å². The molecule has 1 aromatic heterocycles. The average molecular weight is 443 g/mol. The topological polar surface area (TPSA) is 82.6 Å². The number of rotatable bonds is 6. The first-order chi connectivity index (χ1) is 14.7. The zero-order valence-corrected chi connectivity index (χ0v) is 19.1. The quantitative estimate of drug-likeness (QED) is 0.739. The molecule has 1 N–H and O–H groups in total.